The quantitative estimate of drug-likeness (QED) is 0.812. The van der Waals surface area contributed by atoms with Crippen molar-refractivity contribution in [3.8, 4) is 0 Å². The molecule has 2 aromatic rings. The Morgan fingerprint density at radius 2 is 2.12 bits per heavy atom. The van der Waals surface area contributed by atoms with E-state index in [9.17, 15) is 5.11 Å². The highest BCUT2D eigenvalue weighted by atomic mass is 79.9. The lowest BCUT2D eigenvalue weighted by molar-refractivity contribution is 0.178. The van der Waals surface area contributed by atoms with Crippen LogP contribution in [0.2, 0.25) is 0 Å². The first kappa shape index (κ1) is 13.3. The van der Waals surface area contributed by atoms with Crippen molar-refractivity contribution in [2.45, 2.75) is 19.4 Å². The van der Waals surface area contributed by atoms with Gasteiger partial charge in [-0.05, 0) is 46.1 Å². The molecule has 2 rings (SSSR count). The maximum atomic E-state index is 10.3. The third-order valence-electron chi connectivity index (χ3n) is 2.68. The predicted octanol–water partition coefficient (Wildman–Crippen LogP) is 4.86. The van der Waals surface area contributed by atoms with Crippen molar-refractivity contribution in [2.75, 3.05) is 0 Å². The molecule has 0 radical (unpaired) electrons. The summed E-state index contributed by atoms with van der Waals surface area (Å²) in [6.07, 6.45) is 0.214. The molecular weight excluding hydrogens is 364 g/mol. The highest BCUT2D eigenvalue weighted by Crippen LogP contribution is 2.29. The molecule has 0 spiro atoms. The van der Waals surface area contributed by atoms with Crippen molar-refractivity contribution < 1.29 is 5.11 Å². The molecule has 17 heavy (non-hydrogen) atoms. The average molecular weight is 376 g/mol. The zero-order valence-corrected chi connectivity index (χ0v) is 13.3. The monoisotopic (exact) mass is 374 g/mol. The van der Waals surface area contributed by atoms with E-state index >= 15 is 0 Å². The molecule has 90 valence electrons. The van der Waals surface area contributed by atoms with Crippen LogP contribution in [-0.2, 0) is 6.42 Å². The van der Waals surface area contributed by atoms with E-state index in [2.05, 4.69) is 37.9 Å². The largest absolute Gasteiger partial charge is 0.388 e. The molecule has 1 unspecified atom stereocenters. The lowest BCUT2D eigenvalue weighted by Crippen LogP contribution is -2.03. The first-order valence-electron chi connectivity index (χ1n) is 5.24. The molecule has 0 fully saturated rings. The standard InChI is InChI=1S/C13H12Br2OS/c1-8-11(3-2-4-12(8)15)13(16)6-10-5-9(14)7-17-10/h2-5,7,13,16H,6H2,1H3. The minimum absolute atomic E-state index is 0.446. The first-order chi connectivity index (χ1) is 8.08. The van der Waals surface area contributed by atoms with Crippen LogP contribution in [0.25, 0.3) is 0 Å². The van der Waals surface area contributed by atoms with Crippen LogP contribution in [0.5, 0.6) is 0 Å². The molecule has 1 nitrogen and oxygen atoms in total. The number of aliphatic hydroxyl groups is 1. The predicted molar refractivity (Wildman–Crippen MR) is 79.6 cm³/mol. The Balaban J connectivity index is 2.20. The fraction of sp³-hybridized carbons (Fsp3) is 0.231. The first-order valence-corrected chi connectivity index (χ1v) is 7.70. The van der Waals surface area contributed by atoms with Crippen LogP contribution >= 0.6 is 43.2 Å². The highest BCUT2D eigenvalue weighted by molar-refractivity contribution is 9.10. The van der Waals surface area contributed by atoms with Gasteiger partial charge >= 0.3 is 0 Å². The second kappa shape index (κ2) is 5.65. The van der Waals surface area contributed by atoms with Gasteiger partial charge in [0.2, 0.25) is 0 Å². The van der Waals surface area contributed by atoms with Gasteiger partial charge < -0.3 is 5.11 Å². The van der Waals surface area contributed by atoms with Crippen molar-refractivity contribution in [1.29, 1.82) is 0 Å². The van der Waals surface area contributed by atoms with Gasteiger partial charge in [-0.25, -0.2) is 0 Å². The molecule has 0 aliphatic heterocycles. The van der Waals surface area contributed by atoms with Crippen LogP contribution in [0.15, 0.2) is 38.6 Å². The molecule has 1 heterocycles. The number of rotatable bonds is 3. The molecule has 0 aliphatic rings. The van der Waals surface area contributed by atoms with Gasteiger partial charge in [0.15, 0.2) is 0 Å². The number of thiophene rings is 1. The molecular formula is C13H12Br2OS. The number of benzene rings is 1. The maximum Gasteiger partial charge on any atom is 0.0841 e. The van der Waals surface area contributed by atoms with Gasteiger partial charge in [0, 0.05) is 25.6 Å². The van der Waals surface area contributed by atoms with Crippen molar-refractivity contribution in [3.05, 3.63) is 54.6 Å². The van der Waals surface area contributed by atoms with E-state index in [1.54, 1.807) is 11.3 Å². The van der Waals surface area contributed by atoms with Gasteiger partial charge in [-0.3, -0.25) is 0 Å². The molecule has 0 amide bonds. The van der Waals surface area contributed by atoms with Gasteiger partial charge in [0.05, 0.1) is 6.10 Å². The molecule has 1 aromatic heterocycles. The molecule has 1 aromatic carbocycles. The van der Waals surface area contributed by atoms with Gasteiger partial charge in [-0.15, -0.1) is 11.3 Å². The molecule has 1 atom stereocenters. The summed E-state index contributed by atoms with van der Waals surface area (Å²) >= 11 is 8.58. The van der Waals surface area contributed by atoms with Gasteiger partial charge in [0.1, 0.15) is 0 Å². The second-order valence-corrected chi connectivity index (χ2v) is 6.67. The smallest absolute Gasteiger partial charge is 0.0841 e. The third-order valence-corrected chi connectivity index (χ3v) is 5.26. The van der Waals surface area contributed by atoms with Crippen LogP contribution < -0.4 is 0 Å². The molecule has 4 heteroatoms. The van der Waals surface area contributed by atoms with Gasteiger partial charge in [0.25, 0.3) is 0 Å². The Hall–Kier alpha value is -0.160. The van der Waals surface area contributed by atoms with Crippen molar-refractivity contribution in [2.24, 2.45) is 0 Å². The Morgan fingerprint density at radius 3 is 2.76 bits per heavy atom. The number of hydrogen-bond acceptors (Lipinski definition) is 2. The molecule has 0 saturated carbocycles. The summed E-state index contributed by atoms with van der Waals surface area (Å²) in [7, 11) is 0. The Morgan fingerprint density at radius 1 is 1.35 bits per heavy atom. The number of halogens is 2. The summed E-state index contributed by atoms with van der Waals surface area (Å²) in [4.78, 5) is 1.18. The van der Waals surface area contributed by atoms with Crippen molar-refractivity contribution >= 4 is 43.2 Å². The minimum atomic E-state index is -0.446. The van der Waals surface area contributed by atoms with Crippen LogP contribution in [0.4, 0.5) is 0 Å². The fourth-order valence-electron chi connectivity index (χ4n) is 1.75. The Bertz CT molecular complexity index is 522. The Kier molecular flexibility index (Phi) is 4.42. The highest BCUT2D eigenvalue weighted by Gasteiger charge is 2.13. The molecule has 1 N–H and O–H groups in total. The summed E-state index contributed by atoms with van der Waals surface area (Å²) < 4.78 is 2.12. The minimum Gasteiger partial charge on any atom is -0.388 e. The molecule has 0 saturated heterocycles. The van der Waals surface area contributed by atoms with Crippen LogP contribution in [0, 0.1) is 6.92 Å². The Labute approximate surface area is 122 Å². The summed E-state index contributed by atoms with van der Waals surface area (Å²) in [5, 5.41) is 12.3. The van der Waals surface area contributed by atoms with E-state index < -0.39 is 6.10 Å². The molecule has 0 bridgehead atoms. The SMILES string of the molecule is Cc1c(Br)cccc1C(O)Cc1cc(Br)cs1. The van der Waals surface area contributed by atoms with E-state index in [1.807, 2.05) is 30.5 Å². The van der Waals surface area contributed by atoms with Crippen molar-refractivity contribution in [3.63, 3.8) is 0 Å². The second-order valence-electron chi connectivity index (χ2n) is 3.91. The normalized spacial score (nSPS) is 12.7. The number of aliphatic hydroxyl groups excluding tert-OH is 1. The topological polar surface area (TPSA) is 20.2 Å². The van der Waals surface area contributed by atoms with E-state index in [0.717, 1.165) is 20.1 Å². The zero-order chi connectivity index (χ0) is 12.4. The summed E-state index contributed by atoms with van der Waals surface area (Å²) in [6, 6.07) is 7.99. The lowest BCUT2D eigenvalue weighted by Gasteiger charge is -2.13. The van der Waals surface area contributed by atoms with Crippen LogP contribution in [-0.4, -0.2) is 5.11 Å². The molecule has 0 aliphatic carbocycles. The van der Waals surface area contributed by atoms with Crippen LogP contribution in [0.1, 0.15) is 22.1 Å². The maximum absolute atomic E-state index is 10.3. The fourth-order valence-corrected chi connectivity index (χ4v) is 3.62. The van der Waals surface area contributed by atoms with Gasteiger partial charge in [-0.1, -0.05) is 28.1 Å². The number of hydrogen-bond donors (Lipinski definition) is 1. The summed E-state index contributed by atoms with van der Waals surface area (Å²) in [6.45, 7) is 2.02. The van der Waals surface area contributed by atoms with Crippen LogP contribution in [0.3, 0.4) is 0 Å². The summed E-state index contributed by atoms with van der Waals surface area (Å²) in [5.74, 6) is 0. The van der Waals surface area contributed by atoms with Gasteiger partial charge in [-0.2, -0.15) is 0 Å². The van der Waals surface area contributed by atoms with E-state index in [4.69, 9.17) is 0 Å². The third kappa shape index (κ3) is 3.19. The van der Waals surface area contributed by atoms with E-state index in [-0.39, 0.29) is 0 Å². The summed E-state index contributed by atoms with van der Waals surface area (Å²) in [5.41, 5.74) is 2.10. The zero-order valence-electron chi connectivity index (χ0n) is 9.28. The lowest BCUT2D eigenvalue weighted by atomic mass is 10.0. The average Bonchev–Trinajstić information content (AvgIpc) is 2.68. The van der Waals surface area contributed by atoms with E-state index in [0.29, 0.717) is 6.42 Å². The van der Waals surface area contributed by atoms with Crippen molar-refractivity contribution in [1.82, 2.24) is 0 Å². The van der Waals surface area contributed by atoms with E-state index in [1.165, 1.54) is 4.88 Å².